The number of amides is 3. The molecule has 59 heavy (non-hydrogen) atoms. The number of ether oxygens (including phenoxy) is 3. The number of carbonyl (C=O) groups is 3. The molecule has 5 rings (SSSR count). The number of primary amides is 1. The van der Waals surface area contributed by atoms with E-state index in [1.807, 2.05) is 57.3 Å². The highest BCUT2D eigenvalue weighted by Gasteiger charge is 2.51. The average Bonchev–Trinajstić information content (AvgIpc) is 3.60. The SMILES string of the molecule is CCOP(=O)(OCC)[C@H]1C[C@H]1/C=C\CCCCC[C@H](NC(=O)OC(C)(C)C)C(=O)N1C[C@H](Oc2cc(-c3csc(NC(C)C)n3)nc3cc(OC)ccc23)C[C@H]1C(N)=O. The van der Waals surface area contributed by atoms with Gasteiger partial charge in [0.05, 0.1) is 43.7 Å². The molecule has 5 atom stereocenters. The first-order valence-electron chi connectivity index (χ1n) is 20.6. The lowest BCUT2D eigenvalue weighted by Crippen LogP contribution is -2.53. The summed E-state index contributed by atoms with van der Waals surface area (Å²) in [6.07, 6.45) is 7.21. The number of nitrogens with zero attached hydrogens (tertiary/aromatic N) is 3. The molecule has 3 amide bonds. The third-order valence-electron chi connectivity index (χ3n) is 9.89. The molecule has 3 aromatic rings. The zero-order chi connectivity index (χ0) is 42.9. The van der Waals surface area contributed by atoms with Gasteiger partial charge in [-0.3, -0.25) is 14.2 Å². The quantitative estimate of drug-likeness (QED) is 0.0531. The predicted molar refractivity (Wildman–Crippen MR) is 230 cm³/mol. The van der Waals surface area contributed by atoms with Gasteiger partial charge in [0.1, 0.15) is 41.0 Å². The van der Waals surface area contributed by atoms with Crippen LogP contribution in [0, 0.1) is 5.92 Å². The molecule has 1 aliphatic carbocycles. The number of carbonyl (C=O) groups excluding carboxylic acids is 3. The highest BCUT2D eigenvalue weighted by molar-refractivity contribution is 7.55. The number of benzene rings is 1. The van der Waals surface area contributed by atoms with E-state index in [9.17, 15) is 18.9 Å². The Morgan fingerprint density at radius 2 is 1.80 bits per heavy atom. The number of aromatic nitrogens is 2. The van der Waals surface area contributed by atoms with Crippen molar-refractivity contribution < 1.29 is 42.2 Å². The number of anilines is 1. The summed E-state index contributed by atoms with van der Waals surface area (Å²) in [6.45, 7) is 13.7. The molecule has 2 aliphatic rings. The molecular formula is C42H61N6O9PS. The van der Waals surface area contributed by atoms with Crippen molar-refractivity contribution in [3.8, 4) is 22.9 Å². The van der Waals surface area contributed by atoms with E-state index in [-0.39, 0.29) is 30.6 Å². The van der Waals surface area contributed by atoms with Gasteiger partial charge < -0.3 is 44.5 Å². The Hall–Kier alpha value is -4.24. The van der Waals surface area contributed by atoms with Crippen molar-refractivity contribution in [2.24, 2.45) is 11.7 Å². The monoisotopic (exact) mass is 856 g/mol. The van der Waals surface area contributed by atoms with Crippen molar-refractivity contribution in [1.29, 1.82) is 0 Å². The number of pyridine rings is 1. The largest absolute Gasteiger partial charge is 0.497 e. The van der Waals surface area contributed by atoms with Crippen molar-refractivity contribution in [3.05, 3.63) is 41.8 Å². The first-order valence-corrected chi connectivity index (χ1v) is 23.1. The number of nitrogens with two attached hydrogens (primary N) is 1. The molecule has 324 valence electrons. The molecule has 17 heteroatoms. The molecule has 4 N–H and O–H groups in total. The minimum Gasteiger partial charge on any atom is -0.497 e. The van der Waals surface area contributed by atoms with Crippen LogP contribution in [0.2, 0.25) is 0 Å². The molecule has 1 saturated heterocycles. The number of nitrogens with one attached hydrogen (secondary N) is 2. The smallest absolute Gasteiger partial charge is 0.408 e. The molecule has 0 unspecified atom stereocenters. The van der Waals surface area contributed by atoms with Crippen LogP contribution in [-0.2, 0) is 27.9 Å². The molecule has 1 saturated carbocycles. The summed E-state index contributed by atoms with van der Waals surface area (Å²) in [6, 6.07) is 5.61. The Morgan fingerprint density at radius 3 is 2.46 bits per heavy atom. The number of thiazole rings is 1. The summed E-state index contributed by atoms with van der Waals surface area (Å²) in [5.74, 6) is 0.207. The lowest BCUT2D eigenvalue weighted by Gasteiger charge is -2.28. The van der Waals surface area contributed by atoms with Crippen LogP contribution in [0.3, 0.4) is 0 Å². The van der Waals surface area contributed by atoms with Gasteiger partial charge in [-0.2, -0.15) is 0 Å². The number of alkyl carbamates (subject to hydrolysis) is 1. The maximum atomic E-state index is 14.3. The summed E-state index contributed by atoms with van der Waals surface area (Å²) < 4.78 is 41.7. The van der Waals surface area contributed by atoms with Gasteiger partial charge in [-0.25, -0.2) is 14.8 Å². The minimum absolute atomic E-state index is 0.0693. The van der Waals surface area contributed by atoms with Crippen LogP contribution in [-0.4, -0.2) is 95.1 Å². The second-order valence-electron chi connectivity index (χ2n) is 16.2. The fraction of sp³-hybridized carbons (Fsp3) is 0.595. The summed E-state index contributed by atoms with van der Waals surface area (Å²) in [5.41, 5.74) is 6.91. The first kappa shape index (κ1) is 45.8. The van der Waals surface area contributed by atoms with Crippen LogP contribution in [0.15, 0.2) is 41.8 Å². The first-order chi connectivity index (χ1) is 28.0. The fourth-order valence-corrected chi connectivity index (χ4v) is 10.2. The molecule has 3 heterocycles. The molecule has 0 bridgehead atoms. The van der Waals surface area contributed by atoms with E-state index >= 15 is 0 Å². The molecule has 2 aromatic heterocycles. The second-order valence-corrected chi connectivity index (χ2v) is 19.3. The molecule has 15 nitrogen and oxygen atoms in total. The minimum atomic E-state index is -3.10. The maximum absolute atomic E-state index is 14.3. The van der Waals surface area contributed by atoms with Crippen LogP contribution in [0.5, 0.6) is 11.5 Å². The third kappa shape index (κ3) is 12.6. The van der Waals surface area contributed by atoms with Crippen LogP contribution in [0.4, 0.5) is 9.93 Å². The molecular weight excluding hydrogens is 796 g/mol. The second kappa shape index (κ2) is 20.3. The van der Waals surface area contributed by atoms with Gasteiger partial charge in [0.15, 0.2) is 5.13 Å². The van der Waals surface area contributed by atoms with Crippen LogP contribution in [0.1, 0.15) is 93.4 Å². The molecule has 0 radical (unpaired) electrons. The highest BCUT2D eigenvalue weighted by atomic mass is 32.1. The number of likely N-dealkylation sites (tertiary alicyclic amines) is 1. The van der Waals surface area contributed by atoms with Crippen molar-refractivity contribution >= 4 is 52.9 Å². The maximum Gasteiger partial charge on any atom is 0.408 e. The van der Waals surface area contributed by atoms with Crippen molar-refractivity contribution in [3.63, 3.8) is 0 Å². The van der Waals surface area contributed by atoms with E-state index in [0.717, 1.165) is 36.2 Å². The molecule has 0 spiro atoms. The summed E-state index contributed by atoms with van der Waals surface area (Å²) in [4.78, 5) is 51.2. The van der Waals surface area contributed by atoms with Crippen molar-refractivity contribution in [2.75, 3.05) is 32.2 Å². The molecule has 1 aliphatic heterocycles. The Bertz CT molecular complexity index is 1990. The van der Waals surface area contributed by atoms with Crippen molar-refractivity contribution in [2.45, 2.75) is 129 Å². The zero-order valence-corrected chi connectivity index (χ0v) is 37.2. The van der Waals surface area contributed by atoms with Gasteiger partial charge in [-0.1, -0.05) is 25.0 Å². The summed E-state index contributed by atoms with van der Waals surface area (Å²) in [5, 5.41) is 9.51. The number of unbranched alkanes of at least 4 members (excludes halogenated alkanes) is 3. The van der Waals surface area contributed by atoms with Gasteiger partial charge in [0.25, 0.3) is 0 Å². The van der Waals surface area contributed by atoms with Gasteiger partial charge in [0.2, 0.25) is 11.8 Å². The number of allylic oxidation sites excluding steroid dienone is 2. The van der Waals surface area contributed by atoms with E-state index in [4.69, 9.17) is 39.0 Å². The van der Waals surface area contributed by atoms with E-state index in [1.165, 1.54) is 16.2 Å². The molecule has 2 fully saturated rings. The standard InChI is InChI=1S/C42H61N6O9PS/c1-9-54-58(52,55-10-2)37-20-27(37)16-14-12-11-13-15-17-31(47-41(51)57-42(5,6)7)39(50)48-24-29(22-35(48)38(43)49)56-36-23-33(34-25-59-40(46-34)44-26(3)4)45-32-21-28(53-8)18-19-30(32)36/h14,16,18-19,21,23,25-27,29,31,35,37H,9-13,15,17,20,22,24H2,1-8H3,(H2,43,49)(H,44,46)(H,47,51)/b16-14-/t27-,29-,31+,35+,37+/m1/s1. The van der Waals surface area contributed by atoms with Crippen molar-refractivity contribution in [1.82, 2.24) is 20.2 Å². The number of fused-ring (bicyclic) bond motifs is 1. The van der Waals surface area contributed by atoms with Crippen LogP contribution < -0.4 is 25.8 Å². The lowest BCUT2D eigenvalue weighted by molar-refractivity contribution is -0.139. The predicted octanol–water partition coefficient (Wildman–Crippen LogP) is 8.08. The zero-order valence-electron chi connectivity index (χ0n) is 35.5. The van der Waals surface area contributed by atoms with Gasteiger partial charge in [-0.05, 0) is 92.2 Å². The van der Waals surface area contributed by atoms with Crippen LogP contribution >= 0.6 is 18.9 Å². The number of rotatable bonds is 21. The van der Waals surface area contributed by atoms with E-state index in [1.54, 1.807) is 27.9 Å². The average molecular weight is 857 g/mol. The van der Waals surface area contributed by atoms with E-state index in [2.05, 4.69) is 22.8 Å². The number of methoxy groups -OCH3 is 1. The number of hydrogen-bond acceptors (Lipinski definition) is 13. The van der Waals surface area contributed by atoms with E-state index < -0.39 is 49.3 Å². The Labute approximate surface area is 351 Å². The lowest BCUT2D eigenvalue weighted by atomic mass is 10.0. The summed E-state index contributed by atoms with van der Waals surface area (Å²) >= 11 is 1.48. The van der Waals surface area contributed by atoms with E-state index in [0.29, 0.717) is 54.5 Å². The Morgan fingerprint density at radius 1 is 1.05 bits per heavy atom. The topological polar surface area (TPSA) is 194 Å². The Kier molecular flexibility index (Phi) is 15.8. The summed E-state index contributed by atoms with van der Waals surface area (Å²) in [7, 11) is -1.51. The Balaban J connectivity index is 1.27. The van der Waals surface area contributed by atoms with Gasteiger partial charge in [-0.15, -0.1) is 11.3 Å². The highest BCUT2D eigenvalue weighted by Crippen LogP contribution is 2.65. The third-order valence-corrected chi connectivity index (χ3v) is 13.3. The normalized spacial score (nSPS) is 19.9. The molecule has 1 aromatic carbocycles. The van der Waals surface area contributed by atoms with Gasteiger partial charge in [0, 0.05) is 35.4 Å². The number of hydrogen-bond donors (Lipinski definition) is 3. The van der Waals surface area contributed by atoms with Gasteiger partial charge >= 0.3 is 13.7 Å². The van der Waals surface area contributed by atoms with Crippen LogP contribution in [0.25, 0.3) is 22.3 Å². The fourth-order valence-electron chi connectivity index (χ4n) is 7.14.